The second-order valence-electron chi connectivity index (χ2n) is 6.14. The second-order valence-corrected chi connectivity index (χ2v) is 6.14. The third kappa shape index (κ3) is 6.75. The van der Waals surface area contributed by atoms with Crippen LogP contribution in [-0.4, -0.2) is 40.8 Å². The number of aromatic nitrogens is 3. The van der Waals surface area contributed by atoms with Crippen molar-refractivity contribution in [3.63, 3.8) is 0 Å². The van der Waals surface area contributed by atoms with E-state index in [1.165, 1.54) is 5.56 Å². The molecule has 7 nitrogen and oxygen atoms in total. The highest BCUT2D eigenvalue weighted by Gasteiger charge is 2.05. The van der Waals surface area contributed by atoms with Crippen molar-refractivity contribution in [3.8, 4) is 0 Å². The fraction of sp³-hybridized carbons (Fsp3) is 0.350. The summed E-state index contributed by atoms with van der Waals surface area (Å²) in [5.74, 6) is 1.61. The van der Waals surface area contributed by atoms with E-state index in [4.69, 9.17) is 4.74 Å². The van der Waals surface area contributed by atoms with Crippen molar-refractivity contribution in [1.82, 2.24) is 25.2 Å². The Kier molecular flexibility index (Phi) is 9.70. The summed E-state index contributed by atoms with van der Waals surface area (Å²) in [6, 6.07) is 16.1. The molecule has 0 radical (unpaired) electrons. The standard InChI is InChI=1S/C20H26N6O.HI/c1-21-20(23-15-19-25-24-18-11-5-7-13-26(18)19)22-12-6-8-14-27-16-17-9-3-2-4-10-17;/h2-5,7,9-11,13H,6,8,12,14-16H2,1H3,(H2,21,22,23);1H. The van der Waals surface area contributed by atoms with E-state index < -0.39 is 0 Å². The lowest BCUT2D eigenvalue weighted by molar-refractivity contribution is 0.117. The SMILES string of the molecule is CN=C(NCCCCOCc1ccccc1)NCc1nnc2ccccn12.I. The number of nitrogens with zero attached hydrogens (tertiary/aromatic N) is 4. The topological polar surface area (TPSA) is 75.8 Å². The highest BCUT2D eigenvalue weighted by atomic mass is 127. The summed E-state index contributed by atoms with van der Waals surface area (Å²) in [7, 11) is 1.76. The van der Waals surface area contributed by atoms with Crippen LogP contribution in [0.4, 0.5) is 0 Å². The maximum atomic E-state index is 5.70. The molecule has 0 saturated carbocycles. The van der Waals surface area contributed by atoms with E-state index in [1.807, 2.05) is 47.0 Å². The summed E-state index contributed by atoms with van der Waals surface area (Å²) < 4.78 is 7.66. The van der Waals surface area contributed by atoms with Crippen LogP contribution >= 0.6 is 24.0 Å². The minimum absolute atomic E-state index is 0. The van der Waals surface area contributed by atoms with Crippen LogP contribution in [0.25, 0.3) is 5.65 Å². The van der Waals surface area contributed by atoms with Gasteiger partial charge in [-0.3, -0.25) is 9.39 Å². The number of rotatable bonds is 9. The van der Waals surface area contributed by atoms with Gasteiger partial charge >= 0.3 is 0 Å². The van der Waals surface area contributed by atoms with Crippen molar-refractivity contribution >= 4 is 35.6 Å². The third-order valence-corrected chi connectivity index (χ3v) is 4.14. The first kappa shape index (κ1) is 22.1. The summed E-state index contributed by atoms with van der Waals surface area (Å²) in [6.45, 7) is 2.83. The number of fused-ring (bicyclic) bond motifs is 1. The summed E-state index contributed by atoms with van der Waals surface area (Å²) in [5.41, 5.74) is 2.05. The largest absolute Gasteiger partial charge is 0.377 e. The number of guanidine groups is 1. The molecule has 0 amide bonds. The molecular formula is C20H27IN6O. The van der Waals surface area contributed by atoms with Gasteiger partial charge in [0.1, 0.15) is 0 Å². The molecule has 150 valence electrons. The highest BCUT2D eigenvalue weighted by molar-refractivity contribution is 14.0. The highest BCUT2D eigenvalue weighted by Crippen LogP contribution is 2.03. The van der Waals surface area contributed by atoms with E-state index in [9.17, 15) is 0 Å². The molecule has 0 aliphatic carbocycles. The van der Waals surface area contributed by atoms with Gasteiger partial charge in [-0.15, -0.1) is 34.2 Å². The molecule has 2 heterocycles. The van der Waals surface area contributed by atoms with Crippen LogP contribution in [-0.2, 0) is 17.9 Å². The summed E-state index contributed by atoms with van der Waals surface area (Å²) in [5, 5.41) is 14.9. The number of pyridine rings is 1. The van der Waals surface area contributed by atoms with Crippen molar-refractivity contribution in [2.45, 2.75) is 26.0 Å². The number of ether oxygens (including phenoxy) is 1. The molecule has 0 fully saturated rings. The quantitative estimate of drug-likeness (QED) is 0.207. The average Bonchev–Trinajstić information content (AvgIpc) is 3.13. The zero-order chi connectivity index (χ0) is 18.7. The molecule has 8 heteroatoms. The molecule has 28 heavy (non-hydrogen) atoms. The van der Waals surface area contributed by atoms with Crippen LogP contribution in [0.3, 0.4) is 0 Å². The van der Waals surface area contributed by atoms with E-state index in [0.717, 1.165) is 43.4 Å². The lowest BCUT2D eigenvalue weighted by atomic mass is 10.2. The first-order valence-electron chi connectivity index (χ1n) is 9.21. The first-order valence-corrected chi connectivity index (χ1v) is 9.21. The van der Waals surface area contributed by atoms with Crippen molar-refractivity contribution in [2.75, 3.05) is 20.2 Å². The predicted octanol–water partition coefficient (Wildman–Crippen LogP) is 3.01. The molecule has 0 atom stereocenters. The zero-order valence-corrected chi connectivity index (χ0v) is 18.4. The number of unbranched alkanes of at least 4 members (excludes halogenated alkanes) is 1. The third-order valence-electron chi connectivity index (χ3n) is 4.14. The Morgan fingerprint density at radius 3 is 2.68 bits per heavy atom. The van der Waals surface area contributed by atoms with Gasteiger partial charge in [0.25, 0.3) is 0 Å². The number of halogens is 1. The fourth-order valence-corrected chi connectivity index (χ4v) is 2.70. The molecule has 2 aromatic heterocycles. The van der Waals surface area contributed by atoms with E-state index in [2.05, 4.69) is 38.0 Å². The van der Waals surface area contributed by atoms with E-state index in [1.54, 1.807) is 7.05 Å². The smallest absolute Gasteiger partial charge is 0.191 e. The summed E-state index contributed by atoms with van der Waals surface area (Å²) in [4.78, 5) is 4.25. The lowest BCUT2D eigenvalue weighted by Crippen LogP contribution is -2.37. The minimum Gasteiger partial charge on any atom is -0.377 e. The molecule has 0 aliphatic rings. The summed E-state index contributed by atoms with van der Waals surface area (Å²) >= 11 is 0. The maximum absolute atomic E-state index is 5.70. The van der Waals surface area contributed by atoms with Gasteiger partial charge in [0, 0.05) is 26.4 Å². The zero-order valence-electron chi connectivity index (χ0n) is 16.0. The number of hydrogen-bond acceptors (Lipinski definition) is 4. The Labute approximate surface area is 182 Å². The molecule has 0 aliphatic heterocycles. The number of benzene rings is 1. The molecule has 0 unspecified atom stereocenters. The molecule has 2 N–H and O–H groups in total. The van der Waals surface area contributed by atoms with Gasteiger partial charge in [0.2, 0.25) is 0 Å². The monoisotopic (exact) mass is 494 g/mol. The maximum Gasteiger partial charge on any atom is 0.191 e. The Bertz CT molecular complexity index is 852. The molecule has 1 aromatic carbocycles. The average molecular weight is 494 g/mol. The Morgan fingerprint density at radius 1 is 1.04 bits per heavy atom. The van der Waals surface area contributed by atoms with Gasteiger partial charge in [0.05, 0.1) is 13.2 Å². The van der Waals surface area contributed by atoms with Gasteiger partial charge in [-0.05, 0) is 30.5 Å². The van der Waals surface area contributed by atoms with Crippen LogP contribution in [0.1, 0.15) is 24.2 Å². The van der Waals surface area contributed by atoms with Gasteiger partial charge in [-0.2, -0.15) is 0 Å². The van der Waals surface area contributed by atoms with Crippen molar-refractivity contribution in [3.05, 3.63) is 66.1 Å². The predicted molar refractivity (Wildman–Crippen MR) is 122 cm³/mol. The molecule has 3 aromatic rings. The Morgan fingerprint density at radius 2 is 1.86 bits per heavy atom. The number of aliphatic imine (C=N–C) groups is 1. The van der Waals surface area contributed by atoms with Gasteiger partial charge < -0.3 is 15.4 Å². The fourth-order valence-electron chi connectivity index (χ4n) is 2.70. The molecule has 0 spiro atoms. The normalized spacial score (nSPS) is 11.2. The Balaban J connectivity index is 0.00000280. The van der Waals surface area contributed by atoms with Crippen LogP contribution in [0.15, 0.2) is 59.7 Å². The van der Waals surface area contributed by atoms with Gasteiger partial charge in [0.15, 0.2) is 17.4 Å². The first-order chi connectivity index (χ1) is 13.4. The molecule has 0 bridgehead atoms. The summed E-state index contributed by atoms with van der Waals surface area (Å²) in [6.07, 6.45) is 3.98. The second kappa shape index (κ2) is 12.3. The van der Waals surface area contributed by atoms with Crippen LogP contribution in [0.5, 0.6) is 0 Å². The van der Waals surface area contributed by atoms with Crippen molar-refractivity contribution < 1.29 is 4.74 Å². The van der Waals surface area contributed by atoms with Crippen LogP contribution in [0, 0.1) is 0 Å². The van der Waals surface area contributed by atoms with Crippen LogP contribution < -0.4 is 10.6 Å². The number of nitrogens with one attached hydrogen (secondary N) is 2. The molecule has 0 saturated heterocycles. The van der Waals surface area contributed by atoms with Crippen molar-refractivity contribution in [1.29, 1.82) is 0 Å². The van der Waals surface area contributed by atoms with E-state index >= 15 is 0 Å². The lowest BCUT2D eigenvalue weighted by Gasteiger charge is -2.11. The van der Waals surface area contributed by atoms with Crippen LogP contribution in [0.2, 0.25) is 0 Å². The Hall–Kier alpha value is -2.20. The van der Waals surface area contributed by atoms with Crippen molar-refractivity contribution in [2.24, 2.45) is 4.99 Å². The van der Waals surface area contributed by atoms with Gasteiger partial charge in [-0.1, -0.05) is 36.4 Å². The minimum atomic E-state index is 0. The molecular weight excluding hydrogens is 467 g/mol. The molecule has 3 rings (SSSR count). The van der Waals surface area contributed by atoms with E-state index in [-0.39, 0.29) is 24.0 Å². The van der Waals surface area contributed by atoms with Gasteiger partial charge in [-0.25, -0.2) is 0 Å². The number of hydrogen-bond donors (Lipinski definition) is 2. The van der Waals surface area contributed by atoms with E-state index in [0.29, 0.717) is 13.2 Å².